The lowest BCUT2D eigenvalue weighted by Gasteiger charge is -2.04. The molecule has 0 fully saturated rings. The van der Waals surface area contributed by atoms with Gasteiger partial charge in [0.15, 0.2) is 5.78 Å². The van der Waals surface area contributed by atoms with E-state index >= 15 is 0 Å². The van der Waals surface area contributed by atoms with Gasteiger partial charge in [0.1, 0.15) is 0 Å². The topological polar surface area (TPSA) is 17.1 Å². The number of rotatable bonds is 3. The van der Waals surface area contributed by atoms with E-state index in [0.29, 0.717) is 6.42 Å². The molecular weight excluding hydrogens is 160 g/mol. The third kappa shape index (κ3) is 2.41. The van der Waals surface area contributed by atoms with Crippen LogP contribution in [-0.2, 0) is 0 Å². The molecule has 0 amide bonds. The zero-order valence-electron chi connectivity index (χ0n) is 8.26. The summed E-state index contributed by atoms with van der Waals surface area (Å²) in [5.41, 5.74) is 2.73. The quantitative estimate of drug-likeness (QED) is 0.645. The highest BCUT2D eigenvalue weighted by atomic mass is 16.1. The van der Waals surface area contributed by atoms with Gasteiger partial charge in [-0.15, -0.1) is 0 Å². The summed E-state index contributed by atoms with van der Waals surface area (Å²) in [5, 5.41) is 0. The van der Waals surface area contributed by atoms with Crippen LogP contribution < -0.4 is 0 Å². The maximum absolute atomic E-state index is 11.6. The van der Waals surface area contributed by atoms with Crippen molar-refractivity contribution in [3.63, 3.8) is 0 Å². The molecule has 1 rings (SSSR count). The zero-order chi connectivity index (χ0) is 9.84. The first-order valence-electron chi connectivity index (χ1n) is 4.61. The maximum Gasteiger partial charge on any atom is 0.163 e. The Kier molecular flexibility index (Phi) is 3.24. The summed E-state index contributed by atoms with van der Waals surface area (Å²) in [7, 11) is 0. The van der Waals surface area contributed by atoms with Crippen LogP contribution in [0.25, 0.3) is 0 Å². The average Bonchev–Trinajstić information content (AvgIpc) is 2.09. The number of hydrogen-bond acceptors (Lipinski definition) is 1. The van der Waals surface area contributed by atoms with E-state index in [2.05, 4.69) is 6.92 Å². The number of carbonyl (C=O) groups excluding carboxylic acids is 1. The Morgan fingerprint density at radius 3 is 2.77 bits per heavy atom. The van der Waals surface area contributed by atoms with Gasteiger partial charge >= 0.3 is 0 Å². The van der Waals surface area contributed by atoms with Crippen molar-refractivity contribution in [1.82, 2.24) is 0 Å². The van der Waals surface area contributed by atoms with Gasteiger partial charge in [0, 0.05) is 12.0 Å². The monoisotopic (exact) mass is 175 g/mol. The van der Waals surface area contributed by atoms with Crippen LogP contribution in [0.5, 0.6) is 0 Å². The van der Waals surface area contributed by atoms with E-state index in [1.54, 1.807) is 0 Å². The molecular formula is C12H15O. The van der Waals surface area contributed by atoms with Crippen molar-refractivity contribution in [2.45, 2.75) is 26.7 Å². The molecule has 1 nitrogen and oxygen atoms in total. The van der Waals surface area contributed by atoms with Crippen molar-refractivity contribution >= 4 is 5.78 Å². The number of aryl methyl sites for hydroxylation is 1. The van der Waals surface area contributed by atoms with Gasteiger partial charge in [-0.25, -0.2) is 0 Å². The maximum atomic E-state index is 11.6. The second-order valence-electron chi connectivity index (χ2n) is 3.33. The predicted octanol–water partition coefficient (Wildman–Crippen LogP) is 3.16. The molecule has 0 aliphatic heterocycles. The van der Waals surface area contributed by atoms with E-state index in [1.165, 1.54) is 0 Å². The fraction of sp³-hybridized carbons (Fsp3) is 0.333. The third-order valence-corrected chi connectivity index (χ3v) is 2.04. The van der Waals surface area contributed by atoms with Crippen molar-refractivity contribution in [2.75, 3.05) is 0 Å². The van der Waals surface area contributed by atoms with Gasteiger partial charge in [0.25, 0.3) is 0 Å². The Balaban J connectivity index is 2.99. The highest BCUT2D eigenvalue weighted by molar-refractivity contribution is 5.97. The molecule has 0 aliphatic rings. The number of ketones is 1. The SMILES string of the molecule is [CH2]c1ccc(C)cc1C(=O)CCC. The second kappa shape index (κ2) is 4.22. The van der Waals surface area contributed by atoms with Crippen LogP contribution >= 0.6 is 0 Å². The van der Waals surface area contributed by atoms with E-state index < -0.39 is 0 Å². The molecule has 1 radical (unpaired) electrons. The first-order valence-corrected chi connectivity index (χ1v) is 4.61. The summed E-state index contributed by atoms with van der Waals surface area (Å²) >= 11 is 0. The van der Waals surface area contributed by atoms with E-state index in [1.807, 2.05) is 32.0 Å². The highest BCUT2D eigenvalue weighted by Crippen LogP contribution is 2.13. The normalized spacial score (nSPS) is 10.1. The Hall–Kier alpha value is -1.11. The smallest absolute Gasteiger partial charge is 0.163 e. The third-order valence-electron chi connectivity index (χ3n) is 2.04. The minimum atomic E-state index is 0.205. The summed E-state index contributed by atoms with van der Waals surface area (Å²) in [6.07, 6.45) is 1.51. The summed E-state index contributed by atoms with van der Waals surface area (Å²) < 4.78 is 0. The molecule has 0 N–H and O–H groups in total. The lowest BCUT2D eigenvalue weighted by Crippen LogP contribution is -2.01. The first-order chi connectivity index (χ1) is 6.15. The van der Waals surface area contributed by atoms with Crippen LogP contribution in [-0.4, -0.2) is 5.78 Å². The van der Waals surface area contributed by atoms with Gasteiger partial charge in [-0.3, -0.25) is 4.79 Å². The average molecular weight is 175 g/mol. The largest absolute Gasteiger partial charge is 0.294 e. The van der Waals surface area contributed by atoms with Crippen molar-refractivity contribution < 1.29 is 4.79 Å². The van der Waals surface area contributed by atoms with Crippen molar-refractivity contribution in [2.24, 2.45) is 0 Å². The van der Waals surface area contributed by atoms with E-state index in [9.17, 15) is 4.79 Å². The Bertz CT molecular complexity index is 313. The van der Waals surface area contributed by atoms with Crippen molar-refractivity contribution in [3.8, 4) is 0 Å². The molecule has 0 bridgehead atoms. The van der Waals surface area contributed by atoms with Gasteiger partial charge in [-0.1, -0.05) is 24.6 Å². The molecule has 0 spiro atoms. The Morgan fingerprint density at radius 2 is 2.15 bits per heavy atom. The number of benzene rings is 1. The number of carbonyl (C=O) groups is 1. The fourth-order valence-corrected chi connectivity index (χ4v) is 1.31. The molecule has 1 heteroatoms. The van der Waals surface area contributed by atoms with Crippen LogP contribution in [0.1, 0.15) is 41.3 Å². The standard InChI is InChI=1S/C12H15O/c1-4-5-12(13)11-8-9(2)6-7-10(11)3/h6-8H,3-5H2,1-2H3. The van der Waals surface area contributed by atoms with Gasteiger partial charge in [0.2, 0.25) is 0 Å². The molecule has 0 aromatic heterocycles. The Labute approximate surface area is 79.8 Å². The van der Waals surface area contributed by atoms with Gasteiger partial charge < -0.3 is 0 Å². The Morgan fingerprint density at radius 1 is 1.46 bits per heavy atom. The molecule has 0 atom stereocenters. The minimum absolute atomic E-state index is 0.205. The van der Waals surface area contributed by atoms with Gasteiger partial charge in [-0.2, -0.15) is 0 Å². The first kappa shape index (κ1) is 9.97. The van der Waals surface area contributed by atoms with Crippen LogP contribution in [0.4, 0.5) is 0 Å². The van der Waals surface area contributed by atoms with Gasteiger partial charge in [0.05, 0.1) is 0 Å². The van der Waals surface area contributed by atoms with Crippen LogP contribution in [0.3, 0.4) is 0 Å². The molecule has 0 saturated carbocycles. The van der Waals surface area contributed by atoms with Crippen molar-refractivity contribution in [1.29, 1.82) is 0 Å². The number of hydrogen-bond donors (Lipinski definition) is 0. The zero-order valence-corrected chi connectivity index (χ0v) is 8.26. The van der Waals surface area contributed by atoms with E-state index in [4.69, 9.17) is 0 Å². The summed E-state index contributed by atoms with van der Waals surface area (Å²) in [5.74, 6) is 0.205. The van der Waals surface area contributed by atoms with E-state index in [0.717, 1.165) is 23.1 Å². The molecule has 1 aromatic carbocycles. The number of Topliss-reactive ketones (excluding diaryl/α,β-unsaturated/α-hetero) is 1. The molecule has 13 heavy (non-hydrogen) atoms. The van der Waals surface area contributed by atoms with E-state index in [-0.39, 0.29) is 5.78 Å². The lowest BCUT2D eigenvalue weighted by molar-refractivity contribution is 0.0981. The molecule has 0 unspecified atom stereocenters. The summed E-state index contributed by atoms with van der Waals surface area (Å²) in [6.45, 7) is 7.84. The summed E-state index contributed by atoms with van der Waals surface area (Å²) in [6, 6.07) is 5.80. The summed E-state index contributed by atoms with van der Waals surface area (Å²) in [4.78, 5) is 11.6. The highest BCUT2D eigenvalue weighted by Gasteiger charge is 2.07. The molecule has 0 heterocycles. The van der Waals surface area contributed by atoms with Gasteiger partial charge in [-0.05, 0) is 31.9 Å². The van der Waals surface area contributed by atoms with Crippen LogP contribution in [0, 0.1) is 13.8 Å². The minimum Gasteiger partial charge on any atom is -0.294 e. The lowest BCUT2D eigenvalue weighted by atomic mass is 10.00. The molecule has 1 aromatic rings. The second-order valence-corrected chi connectivity index (χ2v) is 3.33. The van der Waals surface area contributed by atoms with Crippen LogP contribution in [0.15, 0.2) is 18.2 Å². The fourth-order valence-electron chi connectivity index (χ4n) is 1.31. The molecule has 0 saturated heterocycles. The van der Waals surface area contributed by atoms with Crippen LogP contribution in [0.2, 0.25) is 0 Å². The predicted molar refractivity (Wildman–Crippen MR) is 54.9 cm³/mol. The molecule has 0 aliphatic carbocycles. The molecule has 69 valence electrons. The van der Waals surface area contributed by atoms with Crippen molar-refractivity contribution in [3.05, 3.63) is 41.8 Å².